The van der Waals surface area contributed by atoms with E-state index >= 15 is 0 Å². The van der Waals surface area contributed by atoms with Gasteiger partial charge in [-0.05, 0) is 30.2 Å². The Morgan fingerprint density at radius 3 is 2.29 bits per heavy atom. The Hall–Kier alpha value is -2.02. The van der Waals surface area contributed by atoms with Crippen LogP contribution in [0.15, 0.2) is 48.5 Å². The number of hydrogen-bond donors (Lipinski definition) is 1. The van der Waals surface area contributed by atoms with Crippen LogP contribution in [0, 0.1) is 29.4 Å². The second-order valence-corrected chi connectivity index (χ2v) is 10.2. The molecule has 4 nitrogen and oxygen atoms in total. The summed E-state index contributed by atoms with van der Waals surface area (Å²) in [7, 11) is 0. The molecule has 2 aromatic carbocycles. The van der Waals surface area contributed by atoms with Gasteiger partial charge in [0, 0.05) is 50.0 Å². The molecule has 0 saturated carbocycles. The highest BCUT2D eigenvalue weighted by molar-refractivity contribution is 5.85. The summed E-state index contributed by atoms with van der Waals surface area (Å²) < 4.78 is 28.3. The van der Waals surface area contributed by atoms with Crippen molar-refractivity contribution in [2.75, 3.05) is 32.7 Å². The number of likely N-dealkylation sites (tertiary alicyclic amines) is 2. The van der Waals surface area contributed by atoms with Crippen molar-refractivity contribution in [3.63, 3.8) is 0 Å². The summed E-state index contributed by atoms with van der Waals surface area (Å²) in [6.45, 7) is 9.01. The molecule has 0 radical (unpaired) electrons. The molecule has 2 fully saturated rings. The van der Waals surface area contributed by atoms with Crippen LogP contribution in [0.2, 0.25) is 0 Å². The Bertz CT molecular complexity index is 994. The monoisotopic (exact) mass is 506 g/mol. The predicted molar refractivity (Wildman–Crippen MR) is 136 cm³/mol. The van der Waals surface area contributed by atoms with Gasteiger partial charge in [0.15, 0.2) is 0 Å². The van der Waals surface area contributed by atoms with E-state index in [1.807, 2.05) is 49.1 Å². The van der Waals surface area contributed by atoms with Crippen LogP contribution >= 0.6 is 12.4 Å². The van der Waals surface area contributed by atoms with Gasteiger partial charge < -0.3 is 14.9 Å². The average Bonchev–Trinajstić information content (AvgIpc) is 3.24. The molecule has 5 atom stereocenters. The first-order valence-corrected chi connectivity index (χ1v) is 12.5. The van der Waals surface area contributed by atoms with E-state index < -0.39 is 17.2 Å². The largest absolute Gasteiger partial charge is 0.384 e. The van der Waals surface area contributed by atoms with Crippen molar-refractivity contribution in [2.45, 2.75) is 45.1 Å². The summed E-state index contributed by atoms with van der Waals surface area (Å²) in [5.74, 6) is -2.20. The highest BCUT2D eigenvalue weighted by atomic mass is 35.5. The van der Waals surface area contributed by atoms with Gasteiger partial charge in [0.2, 0.25) is 5.91 Å². The Kier molecular flexibility index (Phi) is 8.95. The lowest BCUT2D eigenvalue weighted by Crippen LogP contribution is -2.57. The normalized spacial score (nSPS) is 29.1. The minimum Gasteiger partial charge on any atom is -0.384 e. The molecule has 1 amide bonds. The SMILES string of the molecule is CCCCN1C[C@@H](C(=O)N2C[C@@H](C)[C@@](O)(c3ccccc3)[C@@H](C)C2)[C@H](c2ccc(F)cc2F)C1.Cl. The molecule has 35 heavy (non-hydrogen) atoms. The number of piperidine rings is 1. The minimum absolute atomic E-state index is 0. The van der Waals surface area contributed by atoms with Crippen molar-refractivity contribution in [2.24, 2.45) is 17.8 Å². The van der Waals surface area contributed by atoms with E-state index in [-0.39, 0.29) is 42.0 Å². The average molecular weight is 507 g/mol. The van der Waals surface area contributed by atoms with E-state index in [1.54, 1.807) is 0 Å². The molecule has 0 spiro atoms. The lowest BCUT2D eigenvalue weighted by molar-refractivity contribution is -0.152. The van der Waals surface area contributed by atoms with Gasteiger partial charge in [-0.15, -0.1) is 12.4 Å². The van der Waals surface area contributed by atoms with Gasteiger partial charge in [-0.25, -0.2) is 8.78 Å². The summed E-state index contributed by atoms with van der Waals surface area (Å²) in [6.07, 6.45) is 2.06. The molecule has 192 valence electrons. The molecule has 0 aromatic heterocycles. The number of carbonyl (C=O) groups is 1. The zero-order valence-corrected chi connectivity index (χ0v) is 21.6. The molecule has 2 heterocycles. The van der Waals surface area contributed by atoms with Crippen molar-refractivity contribution in [1.29, 1.82) is 0 Å². The molecule has 2 aliphatic rings. The molecule has 1 N–H and O–H groups in total. The lowest BCUT2D eigenvalue weighted by Gasteiger charge is -2.48. The highest BCUT2D eigenvalue weighted by Gasteiger charge is 2.49. The van der Waals surface area contributed by atoms with Gasteiger partial charge in [-0.1, -0.05) is 63.6 Å². The number of rotatable bonds is 6. The molecular formula is C28H37ClF2N2O2. The van der Waals surface area contributed by atoms with Crippen molar-refractivity contribution in [3.05, 3.63) is 71.3 Å². The maximum atomic E-state index is 14.8. The van der Waals surface area contributed by atoms with Gasteiger partial charge in [0.25, 0.3) is 0 Å². The van der Waals surface area contributed by atoms with E-state index in [9.17, 15) is 18.7 Å². The first-order chi connectivity index (χ1) is 16.3. The maximum absolute atomic E-state index is 14.8. The number of benzene rings is 2. The molecule has 4 rings (SSSR count). The van der Waals surface area contributed by atoms with E-state index in [2.05, 4.69) is 11.8 Å². The maximum Gasteiger partial charge on any atom is 0.227 e. The quantitative estimate of drug-likeness (QED) is 0.585. The van der Waals surface area contributed by atoms with Gasteiger partial charge in [0.05, 0.1) is 11.5 Å². The van der Waals surface area contributed by atoms with E-state index in [0.717, 1.165) is 31.0 Å². The highest BCUT2D eigenvalue weighted by Crippen LogP contribution is 2.43. The minimum atomic E-state index is -1.01. The number of hydrogen-bond acceptors (Lipinski definition) is 3. The summed E-state index contributed by atoms with van der Waals surface area (Å²) in [4.78, 5) is 17.9. The van der Waals surface area contributed by atoms with Crippen molar-refractivity contribution in [3.8, 4) is 0 Å². The molecule has 7 heteroatoms. The van der Waals surface area contributed by atoms with Crippen LogP contribution in [0.1, 0.15) is 50.7 Å². The van der Waals surface area contributed by atoms with Crippen LogP contribution in [-0.4, -0.2) is 53.5 Å². The fourth-order valence-electron chi connectivity index (χ4n) is 6.01. The van der Waals surface area contributed by atoms with Crippen LogP contribution in [0.4, 0.5) is 8.78 Å². The zero-order valence-electron chi connectivity index (χ0n) is 20.8. The van der Waals surface area contributed by atoms with Gasteiger partial charge >= 0.3 is 0 Å². The van der Waals surface area contributed by atoms with Gasteiger partial charge in [0.1, 0.15) is 11.6 Å². The number of amides is 1. The third-order valence-electron chi connectivity index (χ3n) is 7.94. The Balaban J connectivity index is 0.00000342. The van der Waals surface area contributed by atoms with Crippen molar-refractivity contribution in [1.82, 2.24) is 9.80 Å². The van der Waals surface area contributed by atoms with Crippen LogP contribution in [-0.2, 0) is 10.4 Å². The fourth-order valence-corrected chi connectivity index (χ4v) is 6.01. The number of unbranched alkanes of at least 4 members (excludes halogenated alkanes) is 1. The van der Waals surface area contributed by atoms with Crippen molar-refractivity contribution >= 4 is 18.3 Å². The molecule has 0 unspecified atom stereocenters. The van der Waals surface area contributed by atoms with Gasteiger partial charge in [-0.3, -0.25) is 4.79 Å². The fraction of sp³-hybridized carbons (Fsp3) is 0.536. The third kappa shape index (κ3) is 5.40. The Morgan fingerprint density at radius 2 is 1.69 bits per heavy atom. The second kappa shape index (κ2) is 11.4. The molecule has 0 aliphatic carbocycles. The molecular weight excluding hydrogens is 470 g/mol. The van der Waals surface area contributed by atoms with Gasteiger partial charge in [-0.2, -0.15) is 0 Å². The third-order valence-corrected chi connectivity index (χ3v) is 7.94. The molecule has 2 aliphatic heterocycles. The number of aliphatic hydroxyl groups is 1. The standard InChI is InChI=1S/C28H36F2N2O2.ClH/c1-4-5-13-31-17-24(23-12-11-22(29)14-26(23)30)25(18-31)27(33)32-15-19(2)28(34,20(3)16-32)21-9-7-6-8-10-21;/h6-12,14,19-20,24-25,34H,4-5,13,15-18H2,1-3H3;1H/t19-,20+,24-,25+,28+;/m0./s1. The molecule has 2 aromatic rings. The van der Waals surface area contributed by atoms with Crippen LogP contribution in [0.25, 0.3) is 0 Å². The van der Waals surface area contributed by atoms with Crippen LogP contribution in [0.5, 0.6) is 0 Å². The van der Waals surface area contributed by atoms with Crippen molar-refractivity contribution < 1.29 is 18.7 Å². The second-order valence-electron chi connectivity index (χ2n) is 10.2. The first-order valence-electron chi connectivity index (χ1n) is 12.5. The first kappa shape index (κ1) is 27.6. The molecule has 2 saturated heterocycles. The Labute approximate surface area is 213 Å². The summed E-state index contributed by atoms with van der Waals surface area (Å²) >= 11 is 0. The summed E-state index contributed by atoms with van der Waals surface area (Å²) in [6, 6.07) is 13.4. The lowest BCUT2D eigenvalue weighted by atomic mass is 9.70. The van der Waals surface area contributed by atoms with E-state index in [1.165, 1.54) is 12.1 Å². The van der Waals surface area contributed by atoms with Crippen LogP contribution in [0.3, 0.4) is 0 Å². The number of halogens is 3. The Morgan fingerprint density at radius 1 is 1.03 bits per heavy atom. The smallest absolute Gasteiger partial charge is 0.227 e. The zero-order chi connectivity index (χ0) is 24.5. The summed E-state index contributed by atoms with van der Waals surface area (Å²) in [5.41, 5.74) is 0.279. The van der Waals surface area contributed by atoms with E-state index in [4.69, 9.17) is 0 Å². The number of nitrogens with zero attached hydrogens (tertiary/aromatic N) is 2. The summed E-state index contributed by atoms with van der Waals surface area (Å²) in [5, 5.41) is 11.6. The predicted octanol–water partition coefficient (Wildman–Crippen LogP) is 5.20. The van der Waals surface area contributed by atoms with E-state index in [0.29, 0.717) is 31.7 Å². The topological polar surface area (TPSA) is 43.8 Å². The van der Waals surface area contributed by atoms with Crippen LogP contribution < -0.4 is 0 Å². The molecule has 0 bridgehead atoms. The number of carbonyl (C=O) groups excluding carboxylic acids is 1.